The first-order chi connectivity index (χ1) is 9.86. The van der Waals surface area contributed by atoms with E-state index in [2.05, 4.69) is 10.3 Å². The number of hydrogen-bond acceptors (Lipinski definition) is 2. The smallest absolute Gasteiger partial charge is 0.326 e. The van der Waals surface area contributed by atoms with Gasteiger partial charge in [-0.05, 0) is 30.5 Å². The number of benzene rings is 1. The lowest BCUT2D eigenvalue weighted by atomic mass is 10.0. The fourth-order valence-corrected chi connectivity index (χ4v) is 2.32. The van der Waals surface area contributed by atoms with Crippen LogP contribution in [-0.2, 0) is 4.79 Å². The Morgan fingerprint density at radius 3 is 2.67 bits per heavy atom. The Balaban J connectivity index is 2.19. The van der Waals surface area contributed by atoms with Crippen molar-refractivity contribution in [2.75, 3.05) is 0 Å². The molecule has 0 aliphatic carbocycles. The minimum Gasteiger partial charge on any atom is -0.480 e. The molecule has 5 nitrogen and oxygen atoms in total. The predicted octanol–water partition coefficient (Wildman–Crippen LogP) is 3.05. The van der Waals surface area contributed by atoms with E-state index in [9.17, 15) is 9.59 Å². The van der Waals surface area contributed by atoms with Crippen molar-refractivity contribution >= 4 is 34.4 Å². The van der Waals surface area contributed by atoms with Crippen LogP contribution < -0.4 is 5.32 Å². The topological polar surface area (TPSA) is 82.2 Å². The molecule has 6 heteroatoms. The van der Waals surface area contributed by atoms with E-state index in [1.54, 1.807) is 24.3 Å². The Labute approximate surface area is 127 Å². The van der Waals surface area contributed by atoms with E-state index >= 15 is 0 Å². The van der Waals surface area contributed by atoms with E-state index in [4.69, 9.17) is 16.7 Å². The lowest BCUT2D eigenvalue weighted by Crippen LogP contribution is -2.41. The Kier molecular flexibility index (Phi) is 4.53. The summed E-state index contributed by atoms with van der Waals surface area (Å²) >= 11 is 5.89. The number of rotatable bonds is 5. The largest absolute Gasteiger partial charge is 0.480 e. The molecule has 112 valence electrons. The lowest BCUT2D eigenvalue weighted by molar-refractivity contribution is -0.139. The second kappa shape index (κ2) is 6.18. The number of aromatic amines is 1. The zero-order chi connectivity index (χ0) is 15.6. The highest BCUT2D eigenvalue weighted by molar-refractivity contribution is 6.31. The van der Waals surface area contributed by atoms with Crippen LogP contribution in [0.1, 0.15) is 30.8 Å². The van der Waals surface area contributed by atoms with E-state index in [-0.39, 0.29) is 5.92 Å². The summed E-state index contributed by atoms with van der Waals surface area (Å²) in [4.78, 5) is 26.3. The second-order valence-electron chi connectivity index (χ2n) is 5.41. The molecule has 0 aliphatic rings. The molecule has 2 aromatic rings. The fraction of sp³-hybridized carbons (Fsp3) is 0.333. The summed E-state index contributed by atoms with van der Waals surface area (Å²) in [5.74, 6) is -1.29. The molecule has 0 spiro atoms. The molecule has 21 heavy (non-hydrogen) atoms. The summed E-state index contributed by atoms with van der Waals surface area (Å²) in [6.07, 6.45) is 0.382. The molecular formula is C15H17ClN2O3. The number of nitrogens with one attached hydrogen (secondary N) is 2. The first-order valence-corrected chi connectivity index (χ1v) is 7.06. The first-order valence-electron chi connectivity index (χ1n) is 6.68. The molecule has 3 N–H and O–H groups in total. The Hall–Kier alpha value is -2.01. The van der Waals surface area contributed by atoms with Gasteiger partial charge < -0.3 is 15.4 Å². The number of fused-ring (bicyclic) bond motifs is 1. The van der Waals surface area contributed by atoms with Crippen molar-refractivity contribution in [1.82, 2.24) is 10.3 Å². The van der Waals surface area contributed by atoms with Gasteiger partial charge in [-0.25, -0.2) is 4.79 Å². The van der Waals surface area contributed by atoms with Gasteiger partial charge in [0, 0.05) is 15.9 Å². The van der Waals surface area contributed by atoms with Gasteiger partial charge in [-0.15, -0.1) is 0 Å². The average Bonchev–Trinajstić information content (AvgIpc) is 2.80. The number of aliphatic carboxylic acids is 1. The Morgan fingerprint density at radius 2 is 2.05 bits per heavy atom. The van der Waals surface area contributed by atoms with Crippen LogP contribution in [0.2, 0.25) is 5.02 Å². The lowest BCUT2D eigenvalue weighted by Gasteiger charge is -2.15. The number of carboxylic acid groups (broad SMARTS) is 1. The van der Waals surface area contributed by atoms with Crippen LogP contribution in [-0.4, -0.2) is 28.0 Å². The van der Waals surface area contributed by atoms with Crippen molar-refractivity contribution in [2.45, 2.75) is 26.3 Å². The van der Waals surface area contributed by atoms with Crippen LogP contribution in [0.5, 0.6) is 0 Å². The van der Waals surface area contributed by atoms with Gasteiger partial charge in [0.1, 0.15) is 11.7 Å². The molecule has 1 aromatic carbocycles. The summed E-state index contributed by atoms with van der Waals surface area (Å²) in [6, 6.07) is 6.03. The maximum absolute atomic E-state index is 12.2. The van der Waals surface area contributed by atoms with Gasteiger partial charge in [0.15, 0.2) is 0 Å². The molecule has 0 fully saturated rings. The van der Waals surface area contributed by atoms with E-state index in [0.717, 1.165) is 10.9 Å². The third-order valence-corrected chi connectivity index (χ3v) is 3.37. The molecule has 1 aromatic heterocycles. The van der Waals surface area contributed by atoms with Crippen molar-refractivity contribution in [3.8, 4) is 0 Å². The highest BCUT2D eigenvalue weighted by Gasteiger charge is 2.22. The standard InChI is InChI=1S/C15H17ClN2O3/c1-8(2)5-13(15(20)21)18-14(19)12-6-9-3-4-10(16)7-11(9)17-12/h3-4,6-8,13,17H,5H2,1-2H3,(H,18,19)(H,20,21). The second-order valence-corrected chi connectivity index (χ2v) is 5.84. The zero-order valence-electron chi connectivity index (χ0n) is 11.8. The SMILES string of the molecule is CC(C)CC(NC(=O)c1cc2ccc(Cl)cc2[nH]1)C(=O)O. The highest BCUT2D eigenvalue weighted by Crippen LogP contribution is 2.20. The zero-order valence-corrected chi connectivity index (χ0v) is 12.6. The molecule has 1 heterocycles. The van der Waals surface area contributed by atoms with E-state index in [0.29, 0.717) is 17.1 Å². The molecule has 0 radical (unpaired) electrons. The molecule has 1 amide bonds. The quantitative estimate of drug-likeness (QED) is 0.794. The Bertz CT molecular complexity index is 679. The third-order valence-electron chi connectivity index (χ3n) is 3.14. The van der Waals surface area contributed by atoms with Crippen molar-refractivity contribution in [3.05, 3.63) is 35.0 Å². The maximum Gasteiger partial charge on any atom is 0.326 e. The van der Waals surface area contributed by atoms with E-state index in [1.807, 2.05) is 13.8 Å². The average molecular weight is 309 g/mol. The van der Waals surface area contributed by atoms with Crippen LogP contribution in [0.15, 0.2) is 24.3 Å². The molecule has 0 bridgehead atoms. The van der Waals surface area contributed by atoms with Gasteiger partial charge in [-0.2, -0.15) is 0 Å². The number of carbonyl (C=O) groups excluding carboxylic acids is 1. The molecule has 2 rings (SSSR count). The summed E-state index contributed by atoms with van der Waals surface area (Å²) in [5.41, 5.74) is 1.06. The summed E-state index contributed by atoms with van der Waals surface area (Å²) < 4.78 is 0. The number of H-pyrrole nitrogens is 1. The highest BCUT2D eigenvalue weighted by atomic mass is 35.5. The molecule has 1 unspecified atom stereocenters. The van der Waals surface area contributed by atoms with Gasteiger partial charge in [0.25, 0.3) is 5.91 Å². The molecule has 0 saturated carbocycles. The normalized spacial score (nSPS) is 12.6. The molecular weight excluding hydrogens is 292 g/mol. The molecule has 1 atom stereocenters. The first kappa shape index (κ1) is 15.4. The van der Waals surface area contributed by atoms with Gasteiger partial charge in [0.05, 0.1) is 0 Å². The van der Waals surface area contributed by atoms with Crippen LogP contribution in [0, 0.1) is 5.92 Å². The van der Waals surface area contributed by atoms with Gasteiger partial charge in [0.2, 0.25) is 0 Å². The molecule has 0 saturated heterocycles. The number of carboxylic acids is 1. The summed E-state index contributed by atoms with van der Waals surface area (Å²) in [7, 11) is 0. The van der Waals surface area contributed by atoms with Crippen LogP contribution in [0.3, 0.4) is 0 Å². The van der Waals surface area contributed by atoms with Crippen LogP contribution in [0.4, 0.5) is 0 Å². The van der Waals surface area contributed by atoms with Crippen LogP contribution >= 0.6 is 11.6 Å². The number of halogens is 1. The number of aromatic nitrogens is 1. The summed E-state index contributed by atoms with van der Waals surface area (Å²) in [5, 5.41) is 13.1. The van der Waals surface area contributed by atoms with Crippen molar-refractivity contribution in [2.24, 2.45) is 5.92 Å². The van der Waals surface area contributed by atoms with E-state index in [1.165, 1.54) is 0 Å². The maximum atomic E-state index is 12.2. The van der Waals surface area contributed by atoms with Crippen LogP contribution in [0.25, 0.3) is 10.9 Å². The van der Waals surface area contributed by atoms with Gasteiger partial charge in [-0.1, -0.05) is 31.5 Å². The van der Waals surface area contributed by atoms with Gasteiger partial charge in [-0.3, -0.25) is 4.79 Å². The summed E-state index contributed by atoms with van der Waals surface area (Å²) in [6.45, 7) is 3.82. The fourth-order valence-electron chi connectivity index (χ4n) is 2.15. The number of amides is 1. The number of hydrogen-bond donors (Lipinski definition) is 3. The third kappa shape index (κ3) is 3.76. The minimum absolute atomic E-state index is 0.174. The molecule has 0 aliphatic heterocycles. The minimum atomic E-state index is -1.03. The van der Waals surface area contributed by atoms with Gasteiger partial charge >= 0.3 is 5.97 Å². The Morgan fingerprint density at radius 1 is 1.33 bits per heavy atom. The van der Waals surface area contributed by atoms with Crippen molar-refractivity contribution in [1.29, 1.82) is 0 Å². The van der Waals surface area contributed by atoms with Crippen molar-refractivity contribution < 1.29 is 14.7 Å². The predicted molar refractivity (Wildman–Crippen MR) is 81.7 cm³/mol. The number of carbonyl (C=O) groups is 2. The van der Waals surface area contributed by atoms with E-state index < -0.39 is 17.9 Å². The van der Waals surface area contributed by atoms with Crippen molar-refractivity contribution in [3.63, 3.8) is 0 Å². The monoisotopic (exact) mass is 308 g/mol.